The fraction of sp³-hybridized carbons (Fsp3) is 0.429. The summed E-state index contributed by atoms with van der Waals surface area (Å²) in [6.45, 7) is 5.06. The topological polar surface area (TPSA) is 52.9 Å². The van der Waals surface area contributed by atoms with E-state index < -0.39 is 0 Å². The number of aliphatic imine (C=N–C) groups is 1. The minimum absolute atomic E-state index is 0. The maximum Gasteiger partial charge on any atom is 0.250 e. The van der Waals surface area contributed by atoms with Crippen molar-refractivity contribution in [2.24, 2.45) is 4.99 Å². The number of nitrogens with one attached hydrogen (secondary N) is 1. The normalized spacial score (nSPS) is 14.5. The van der Waals surface area contributed by atoms with Crippen molar-refractivity contribution >= 4 is 35.6 Å². The van der Waals surface area contributed by atoms with Crippen molar-refractivity contribution in [1.29, 1.82) is 0 Å². The molecule has 1 fully saturated rings. The van der Waals surface area contributed by atoms with E-state index >= 15 is 0 Å². The van der Waals surface area contributed by atoms with Gasteiger partial charge in [-0.1, -0.05) is 6.07 Å². The summed E-state index contributed by atoms with van der Waals surface area (Å²) in [5.41, 5.74) is 1.10. The summed E-state index contributed by atoms with van der Waals surface area (Å²) in [6.07, 6.45) is 3.73. The monoisotopic (exact) mass is 513 g/mol. The third-order valence-corrected chi connectivity index (χ3v) is 4.99. The maximum absolute atomic E-state index is 13.1. The second-order valence-electron chi connectivity index (χ2n) is 6.86. The molecule has 158 valence electrons. The number of hydrogen-bond donors (Lipinski definition) is 1. The van der Waals surface area contributed by atoms with Gasteiger partial charge in [-0.2, -0.15) is 0 Å². The highest BCUT2D eigenvalue weighted by Crippen LogP contribution is 2.16. The van der Waals surface area contributed by atoms with Gasteiger partial charge in [-0.3, -0.25) is 9.79 Å². The van der Waals surface area contributed by atoms with Crippen LogP contribution in [-0.2, 0) is 6.54 Å². The Morgan fingerprint density at radius 3 is 2.45 bits per heavy atom. The van der Waals surface area contributed by atoms with Crippen LogP contribution in [0.25, 0.3) is 0 Å². The fourth-order valence-electron chi connectivity index (χ4n) is 3.41. The quantitative estimate of drug-likeness (QED) is 0.280. The zero-order chi connectivity index (χ0) is 19.8. The third kappa shape index (κ3) is 6.73. The van der Waals surface area contributed by atoms with Gasteiger partial charge in [-0.25, -0.2) is 4.39 Å². The van der Waals surface area contributed by atoms with Gasteiger partial charge in [-0.15, -0.1) is 24.0 Å². The van der Waals surface area contributed by atoms with Crippen LogP contribution in [0, 0.1) is 5.82 Å². The molecule has 1 aliphatic rings. The molecule has 0 saturated carbocycles. The number of anilines is 1. The summed E-state index contributed by atoms with van der Waals surface area (Å²) in [7, 11) is 1.80. The molecule has 0 spiro atoms. The first-order chi connectivity index (χ1) is 13.7. The Morgan fingerprint density at radius 1 is 1.07 bits per heavy atom. The standard InChI is InChI=1S/C21H28FN5O.HI/c1-23-21(24-11-3-5-13-26-12-4-2-6-20(26)28)27-16-14-25(15-17-27)19-9-7-18(22)8-10-19;/h2,4,6-10,12H,3,5,11,13-17H2,1H3,(H,23,24);1H. The van der Waals surface area contributed by atoms with Crippen molar-refractivity contribution in [2.45, 2.75) is 19.4 Å². The Labute approximate surface area is 188 Å². The number of unbranched alkanes of at least 4 members (excludes halogenated alkanes) is 1. The molecule has 1 aromatic carbocycles. The first-order valence-electron chi connectivity index (χ1n) is 9.79. The Bertz CT molecular complexity index is 831. The average Bonchev–Trinajstić information content (AvgIpc) is 2.73. The summed E-state index contributed by atoms with van der Waals surface area (Å²) in [5.74, 6) is 0.708. The van der Waals surface area contributed by atoms with Crippen LogP contribution in [0.1, 0.15) is 12.8 Å². The van der Waals surface area contributed by atoms with Gasteiger partial charge >= 0.3 is 0 Å². The highest BCUT2D eigenvalue weighted by molar-refractivity contribution is 14.0. The van der Waals surface area contributed by atoms with Gasteiger partial charge in [-0.05, 0) is 43.2 Å². The lowest BCUT2D eigenvalue weighted by molar-refractivity contribution is 0.372. The van der Waals surface area contributed by atoms with Crippen molar-refractivity contribution in [3.63, 3.8) is 0 Å². The Balaban J connectivity index is 0.00000300. The van der Waals surface area contributed by atoms with Gasteiger partial charge in [0.1, 0.15) is 5.82 Å². The molecule has 1 aromatic heterocycles. The lowest BCUT2D eigenvalue weighted by Crippen LogP contribution is -2.52. The van der Waals surface area contributed by atoms with E-state index in [0.29, 0.717) is 0 Å². The van der Waals surface area contributed by atoms with E-state index in [2.05, 4.69) is 20.1 Å². The SMILES string of the molecule is CN=C(NCCCCn1ccccc1=O)N1CCN(c2ccc(F)cc2)CC1.I. The first-order valence-corrected chi connectivity index (χ1v) is 9.79. The predicted octanol–water partition coefficient (Wildman–Crippen LogP) is 2.78. The summed E-state index contributed by atoms with van der Waals surface area (Å²) in [5, 5.41) is 3.42. The molecule has 0 unspecified atom stereocenters. The van der Waals surface area contributed by atoms with Gasteiger partial charge in [0.25, 0.3) is 0 Å². The number of aromatic nitrogens is 1. The minimum Gasteiger partial charge on any atom is -0.368 e. The lowest BCUT2D eigenvalue weighted by Gasteiger charge is -2.37. The van der Waals surface area contributed by atoms with Crippen molar-refractivity contribution in [2.75, 3.05) is 44.7 Å². The molecular weight excluding hydrogens is 484 g/mol. The number of aryl methyl sites for hydroxylation is 1. The number of pyridine rings is 1. The highest BCUT2D eigenvalue weighted by Gasteiger charge is 2.19. The molecule has 0 aliphatic carbocycles. The average molecular weight is 513 g/mol. The molecule has 1 aliphatic heterocycles. The molecule has 2 aromatic rings. The Kier molecular flexibility index (Phi) is 9.43. The van der Waals surface area contributed by atoms with Crippen LogP contribution < -0.4 is 15.8 Å². The van der Waals surface area contributed by atoms with E-state index in [4.69, 9.17) is 0 Å². The van der Waals surface area contributed by atoms with Crippen LogP contribution in [0.5, 0.6) is 0 Å². The Morgan fingerprint density at radius 2 is 1.79 bits per heavy atom. The number of halogens is 2. The van der Waals surface area contributed by atoms with Crippen molar-refractivity contribution in [1.82, 2.24) is 14.8 Å². The summed E-state index contributed by atoms with van der Waals surface area (Å²) < 4.78 is 14.8. The van der Waals surface area contributed by atoms with Gasteiger partial charge in [0.15, 0.2) is 5.96 Å². The van der Waals surface area contributed by atoms with Crippen LogP contribution in [0.4, 0.5) is 10.1 Å². The van der Waals surface area contributed by atoms with Gasteiger partial charge in [0.2, 0.25) is 5.56 Å². The number of benzene rings is 1. The van der Waals surface area contributed by atoms with Crippen LogP contribution in [0.15, 0.2) is 58.4 Å². The summed E-state index contributed by atoms with van der Waals surface area (Å²) >= 11 is 0. The third-order valence-electron chi connectivity index (χ3n) is 4.99. The van der Waals surface area contributed by atoms with E-state index in [1.165, 1.54) is 12.1 Å². The second kappa shape index (κ2) is 11.8. The van der Waals surface area contributed by atoms with E-state index in [0.717, 1.165) is 63.8 Å². The molecule has 2 heterocycles. The molecule has 0 amide bonds. The van der Waals surface area contributed by atoms with E-state index in [1.807, 2.05) is 24.4 Å². The summed E-state index contributed by atoms with van der Waals surface area (Å²) in [6, 6.07) is 11.9. The van der Waals surface area contributed by atoms with E-state index in [-0.39, 0.29) is 35.4 Å². The number of hydrogen-bond acceptors (Lipinski definition) is 3. The fourth-order valence-corrected chi connectivity index (χ4v) is 3.41. The summed E-state index contributed by atoms with van der Waals surface area (Å²) in [4.78, 5) is 20.6. The zero-order valence-corrected chi connectivity index (χ0v) is 19.1. The molecule has 0 radical (unpaired) electrons. The smallest absolute Gasteiger partial charge is 0.250 e. The van der Waals surface area contributed by atoms with Crippen LogP contribution in [-0.4, -0.2) is 55.2 Å². The van der Waals surface area contributed by atoms with Gasteiger partial charge < -0.3 is 19.7 Å². The lowest BCUT2D eigenvalue weighted by atomic mass is 10.2. The van der Waals surface area contributed by atoms with Gasteiger partial charge in [0, 0.05) is 64.3 Å². The number of piperazine rings is 1. The molecule has 0 bridgehead atoms. The van der Waals surface area contributed by atoms with Crippen molar-refractivity contribution < 1.29 is 4.39 Å². The molecular formula is C21H29FIN5O. The van der Waals surface area contributed by atoms with Crippen LogP contribution in [0.2, 0.25) is 0 Å². The second-order valence-corrected chi connectivity index (χ2v) is 6.86. The van der Waals surface area contributed by atoms with Crippen LogP contribution >= 0.6 is 24.0 Å². The minimum atomic E-state index is -0.205. The molecule has 6 nitrogen and oxygen atoms in total. The van der Waals surface area contributed by atoms with Crippen molar-refractivity contribution in [3.05, 3.63) is 64.8 Å². The maximum atomic E-state index is 13.1. The number of guanidine groups is 1. The molecule has 8 heteroatoms. The first kappa shape index (κ1) is 23.2. The van der Waals surface area contributed by atoms with E-state index in [1.54, 1.807) is 23.7 Å². The molecule has 1 saturated heterocycles. The van der Waals surface area contributed by atoms with Gasteiger partial charge in [0.05, 0.1) is 0 Å². The Hall–Kier alpha value is -2.10. The largest absolute Gasteiger partial charge is 0.368 e. The van der Waals surface area contributed by atoms with Crippen molar-refractivity contribution in [3.8, 4) is 0 Å². The molecule has 29 heavy (non-hydrogen) atoms. The molecule has 3 rings (SSSR count). The number of nitrogens with zero attached hydrogens (tertiary/aromatic N) is 4. The zero-order valence-electron chi connectivity index (χ0n) is 16.8. The van der Waals surface area contributed by atoms with Crippen LogP contribution in [0.3, 0.4) is 0 Å². The van der Waals surface area contributed by atoms with E-state index in [9.17, 15) is 9.18 Å². The predicted molar refractivity (Wildman–Crippen MR) is 127 cm³/mol. The molecule has 1 N–H and O–H groups in total. The number of rotatable bonds is 6. The molecule has 0 atom stereocenters. The highest BCUT2D eigenvalue weighted by atomic mass is 127.